The van der Waals surface area contributed by atoms with E-state index in [1.165, 1.54) is 83.5 Å². The molecule has 0 radical (unpaired) electrons. The van der Waals surface area contributed by atoms with E-state index in [9.17, 15) is 4.79 Å². The molecule has 1 saturated carbocycles. The largest absolute Gasteiger partial charge is 0.457 e. The SMILES string of the molecule is CCCCCCCCCCCCCCCCCC(=O)OC(CO)CO.Cl[C@H]1[C@H](Cl)[C@@H](Cl)[C@@H](Cl)[C@H](Cl)[C@H]1Cl. The van der Waals surface area contributed by atoms with Gasteiger partial charge in [-0.15, -0.1) is 69.6 Å². The first kappa shape index (κ1) is 38.1. The number of carbonyl (C=O) groups excluding carboxylic acids is 1. The minimum absolute atomic E-state index is 0.317. The van der Waals surface area contributed by atoms with Crippen molar-refractivity contribution in [1.82, 2.24) is 0 Å². The van der Waals surface area contributed by atoms with Gasteiger partial charge in [0.05, 0.1) is 45.5 Å². The van der Waals surface area contributed by atoms with Crippen molar-refractivity contribution in [2.45, 2.75) is 148 Å². The predicted octanol–water partition coefficient (Wildman–Crippen LogP) is 8.79. The number of rotatable bonds is 19. The van der Waals surface area contributed by atoms with E-state index in [2.05, 4.69) is 6.92 Å². The summed E-state index contributed by atoms with van der Waals surface area (Å²) in [5.74, 6) is -0.317. The molecule has 0 spiro atoms. The third-order valence-corrected chi connectivity index (χ3v) is 10.5. The van der Waals surface area contributed by atoms with Crippen LogP contribution in [0.2, 0.25) is 0 Å². The van der Waals surface area contributed by atoms with Gasteiger partial charge in [-0.1, -0.05) is 96.8 Å². The highest BCUT2D eigenvalue weighted by molar-refractivity contribution is 6.45. The summed E-state index contributed by atoms with van der Waals surface area (Å²) in [6.07, 6.45) is 19.1. The van der Waals surface area contributed by atoms with Crippen LogP contribution in [0.1, 0.15) is 110 Å². The molecular formula is C27H48Cl6O4. The highest BCUT2D eigenvalue weighted by Crippen LogP contribution is 2.39. The van der Waals surface area contributed by atoms with Crippen molar-refractivity contribution >= 4 is 75.6 Å². The van der Waals surface area contributed by atoms with E-state index in [0.29, 0.717) is 6.42 Å². The van der Waals surface area contributed by atoms with E-state index in [4.69, 9.17) is 84.6 Å². The summed E-state index contributed by atoms with van der Waals surface area (Å²) in [5.41, 5.74) is 0. The first-order chi connectivity index (χ1) is 17.7. The summed E-state index contributed by atoms with van der Waals surface area (Å²) < 4.78 is 4.93. The fraction of sp³-hybridized carbons (Fsp3) is 0.963. The molecule has 1 aliphatic carbocycles. The molecule has 1 rings (SSSR count). The second-order valence-electron chi connectivity index (χ2n) is 9.84. The van der Waals surface area contributed by atoms with Crippen molar-refractivity contribution in [3.63, 3.8) is 0 Å². The number of aliphatic hydroxyl groups excluding tert-OH is 2. The highest BCUT2D eigenvalue weighted by atomic mass is 35.5. The van der Waals surface area contributed by atoms with Crippen molar-refractivity contribution in [1.29, 1.82) is 0 Å². The average molecular weight is 649 g/mol. The van der Waals surface area contributed by atoms with E-state index < -0.39 is 38.4 Å². The van der Waals surface area contributed by atoms with Crippen LogP contribution >= 0.6 is 69.6 Å². The Morgan fingerprint density at radius 2 is 0.838 bits per heavy atom. The third kappa shape index (κ3) is 18.2. The van der Waals surface area contributed by atoms with Crippen molar-refractivity contribution in [3.05, 3.63) is 0 Å². The summed E-state index contributed by atoms with van der Waals surface area (Å²) in [6, 6.07) is 0. The summed E-state index contributed by atoms with van der Waals surface area (Å²) in [4.78, 5) is 11.5. The van der Waals surface area contributed by atoms with Crippen LogP contribution < -0.4 is 0 Å². The second-order valence-corrected chi connectivity index (χ2v) is 12.9. The van der Waals surface area contributed by atoms with E-state index >= 15 is 0 Å². The van der Waals surface area contributed by atoms with E-state index in [0.717, 1.165) is 12.8 Å². The van der Waals surface area contributed by atoms with Crippen molar-refractivity contribution in [3.8, 4) is 0 Å². The van der Waals surface area contributed by atoms with E-state index in [-0.39, 0.29) is 19.2 Å². The lowest BCUT2D eigenvalue weighted by molar-refractivity contribution is -0.153. The Morgan fingerprint density at radius 1 is 0.568 bits per heavy atom. The van der Waals surface area contributed by atoms with Crippen LogP contribution in [0, 0.1) is 0 Å². The van der Waals surface area contributed by atoms with E-state index in [1.807, 2.05) is 0 Å². The third-order valence-electron chi connectivity index (χ3n) is 6.52. The molecule has 1 aliphatic rings. The van der Waals surface area contributed by atoms with Crippen molar-refractivity contribution in [2.75, 3.05) is 13.2 Å². The number of alkyl halides is 6. The lowest BCUT2D eigenvalue weighted by Gasteiger charge is -2.37. The van der Waals surface area contributed by atoms with Gasteiger partial charge in [0.25, 0.3) is 0 Å². The molecule has 0 aliphatic heterocycles. The molecule has 2 N–H and O–H groups in total. The molecule has 0 saturated heterocycles. The zero-order chi connectivity index (χ0) is 28.1. The molecule has 0 amide bonds. The smallest absolute Gasteiger partial charge is 0.306 e. The number of hydrogen-bond acceptors (Lipinski definition) is 4. The minimum Gasteiger partial charge on any atom is -0.457 e. The van der Waals surface area contributed by atoms with Crippen LogP contribution in [0.3, 0.4) is 0 Å². The molecule has 10 heteroatoms. The summed E-state index contributed by atoms with van der Waals surface area (Å²) in [5, 5.41) is 15.1. The maximum atomic E-state index is 11.5. The van der Waals surface area contributed by atoms with Gasteiger partial charge in [0.15, 0.2) is 0 Å². The Hall–Kier alpha value is 1.13. The van der Waals surface area contributed by atoms with Crippen LogP contribution in [-0.4, -0.2) is 67.8 Å². The Bertz CT molecular complexity index is 482. The molecule has 0 aromatic heterocycles. The molecule has 1 fully saturated rings. The monoisotopic (exact) mass is 646 g/mol. The zero-order valence-corrected chi connectivity index (χ0v) is 26.8. The predicted molar refractivity (Wildman–Crippen MR) is 161 cm³/mol. The number of aliphatic hydroxyl groups is 2. The van der Waals surface area contributed by atoms with Crippen LogP contribution in [0.5, 0.6) is 0 Å². The Balaban J connectivity index is 0.000000893. The molecular weight excluding hydrogens is 601 g/mol. The Labute approximate surface area is 255 Å². The van der Waals surface area contributed by atoms with Gasteiger partial charge in [-0.05, 0) is 6.42 Å². The summed E-state index contributed by atoms with van der Waals surface area (Å²) in [7, 11) is 0. The Kier molecular flexibility index (Phi) is 25.6. The van der Waals surface area contributed by atoms with Crippen LogP contribution in [-0.2, 0) is 9.53 Å². The van der Waals surface area contributed by atoms with Crippen molar-refractivity contribution in [2.24, 2.45) is 0 Å². The van der Waals surface area contributed by atoms with Gasteiger partial charge in [-0.3, -0.25) is 4.79 Å². The summed E-state index contributed by atoms with van der Waals surface area (Å²) >= 11 is 35.3. The van der Waals surface area contributed by atoms with Gasteiger partial charge in [-0.2, -0.15) is 0 Å². The van der Waals surface area contributed by atoms with Gasteiger partial charge in [0.1, 0.15) is 6.10 Å². The zero-order valence-electron chi connectivity index (χ0n) is 22.2. The van der Waals surface area contributed by atoms with Crippen LogP contribution in [0.25, 0.3) is 0 Å². The lowest BCUT2D eigenvalue weighted by Crippen LogP contribution is -2.52. The van der Waals surface area contributed by atoms with Gasteiger partial charge in [-0.25, -0.2) is 0 Å². The number of ether oxygens (including phenoxy) is 1. The van der Waals surface area contributed by atoms with Crippen molar-refractivity contribution < 1.29 is 19.7 Å². The number of carbonyl (C=O) groups is 1. The van der Waals surface area contributed by atoms with Gasteiger partial charge in [0.2, 0.25) is 0 Å². The second kappa shape index (κ2) is 24.9. The number of hydrogen-bond donors (Lipinski definition) is 2. The fourth-order valence-corrected chi connectivity index (χ4v) is 6.40. The average Bonchev–Trinajstić information content (AvgIpc) is 2.90. The fourth-order valence-electron chi connectivity index (χ4n) is 4.07. The molecule has 0 atom stereocenters. The highest BCUT2D eigenvalue weighted by Gasteiger charge is 2.46. The first-order valence-corrected chi connectivity index (χ1v) is 16.6. The van der Waals surface area contributed by atoms with E-state index in [1.54, 1.807) is 0 Å². The standard InChI is InChI=1S/C21H42O4.C6H6Cl6/c1-2-3-4-5-6-7-8-9-10-11-12-13-14-15-16-17-21(24)25-20(18-22)19-23;7-1-2(8)4(10)6(12)5(11)3(1)9/h20,22-23H,2-19H2,1H3;1-6H/t;1-,2-,3-,4+,5+,6+. The maximum Gasteiger partial charge on any atom is 0.306 e. The first-order valence-electron chi connectivity index (χ1n) is 14.0. The van der Waals surface area contributed by atoms with Crippen LogP contribution in [0.4, 0.5) is 0 Å². The Morgan fingerprint density at radius 3 is 1.11 bits per heavy atom. The summed E-state index contributed by atoms with van der Waals surface area (Å²) in [6.45, 7) is 1.63. The lowest BCUT2D eigenvalue weighted by atomic mass is 9.97. The number of halogens is 6. The molecule has 0 unspecified atom stereocenters. The van der Waals surface area contributed by atoms with Gasteiger partial charge >= 0.3 is 5.97 Å². The molecule has 4 nitrogen and oxygen atoms in total. The van der Waals surface area contributed by atoms with Gasteiger partial charge < -0.3 is 14.9 Å². The minimum atomic E-state index is -0.760. The molecule has 0 aromatic rings. The molecule has 37 heavy (non-hydrogen) atoms. The quantitative estimate of drug-likeness (QED) is 0.0835. The normalized spacial score (nSPS) is 25.6. The number of esters is 1. The number of unbranched alkanes of at least 4 members (excludes halogenated alkanes) is 14. The van der Waals surface area contributed by atoms with Crippen LogP contribution in [0.15, 0.2) is 0 Å². The van der Waals surface area contributed by atoms with Gasteiger partial charge in [0, 0.05) is 6.42 Å². The molecule has 222 valence electrons. The molecule has 0 heterocycles. The topological polar surface area (TPSA) is 66.8 Å². The molecule has 0 bridgehead atoms. The molecule has 0 aromatic carbocycles. The maximum absolute atomic E-state index is 11.5.